The third-order valence-electron chi connectivity index (χ3n) is 3.56. The van der Waals surface area contributed by atoms with Gasteiger partial charge in [-0.05, 0) is 25.1 Å². The van der Waals surface area contributed by atoms with Crippen LogP contribution in [0.1, 0.15) is 11.1 Å². The molecule has 2 N–H and O–H groups in total. The molecule has 0 atom stereocenters. The van der Waals surface area contributed by atoms with Crippen LogP contribution < -0.4 is 20.1 Å². The van der Waals surface area contributed by atoms with Gasteiger partial charge >= 0.3 is 12.2 Å². The highest BCUT2D eigenvalue weighted by atomic mass is 19.4. The number of anilines is 1. The SMILES string of the molecule is COc1ccccc1CNC(=O)Nc1cccc(OCC(F)(F)F)c1C. The number of urea groups is 1. The van der Waals surface area contributed by atoms with Crippen molar-refractivity contribution in [3.63, 3.8) is 0 Å². The van der Waals surface area contributed by atoms with Crippen LogP contribution in [0, 0.1) is 6.92 Å². The number of nitrogens with one attached hydrogen (secondary N) is 2. The summed E-state index contributed by atoms with van der Waals surface area (Å²) in [6.07, 6.45) is -4.43. The fraction of sp³-hybridized carbons (Fsp3) is 0.278. The van der Waals surface area contributed by atoms with Crippen molar-refractivity contribution in [3.8, 4) is 11.5 Å². The molecule has 0 aliphatic heterocycles. The monoisotopic (exact) mass is 368 g/mol. The molecule has 8 heteroatoms. The summed E-state index contributed by atoms with van der Waals surface area (Å²) in [6.45, 7) is 0.415. The Morgan fingerprint density at radius 1 is 1.08 bits per heavy atom. The van der Waals surface area contributed by atoms with E-state index in [0.29, 0.717) is 17.0 Å². The van der Waals surface area contributed by atoms with Crippen LogP contribution in [0.3, 0.4) is 0 Å². The van der Waals surface area contributed by atoms with Crippen molar-refractivity contribution >= 4 is 11.7 Å². The smallest absolute Gasteiger partial charge is 0.422 e. The summed E-state index contributed by atoms with van der Waals surface area (Å²) in [5.41, 5.74) is 1.57. The highest BCUT2D eigenvalue weighted by Gasteiger charge is 2.28. The first-order valence-corrected chi connectivity index (χ1v) is 7.76. The Labute approximate surface area is 149 Å². The first-order valence-electron chi connectivity index (χ1n) is 7.76. The van der Waals surface area contributed by atoms with Crippen LogP contribution in [0.5, 0.6) is 11.5 Å². The standard InChI is InChI=1S/C18H19F3N2O3/c1-12-14(7-5-9-15(12)26-11-18(19,20)21)23-17(24)22-10-13-6-3-4-8-16(13)25-2/h3-9H,10-11H2,1-2H3,(H2,22,23,24). The molecule has 26 heavy (non-hydrogen) atoms. The molecule has 0 unspecified atom stereocenters. The molecule has 0 fully saturated rings. The highest BCUT2D eigenvalue weighted by Crippen LogP contribution is 2.27. The van der Waals surface area contributed by atoms with Crippen LogP contribution >= 0.6 is 0 Å². The molecule has 2 rings (SSSR count). The lowest BCUT2D eigenvalue weighted by Crippen LogP contribution is -2.28. The summed E-state index contributed by atoms with van der Waals surface area (Å²) < 4.78 is 46.9. The molecule has 0 aromatic heterocycles. The Bertz CT molecular complexity index is 764. The van der Waals surface area contributed by atoms with E-state index in [1.54, 1.807) is 19.1 Å². The van der Waals surface area contributed by atoms with Gasteiger partial charge < -0.3 is 20.1 Å². The zero-order chi connectivity index (χ0) is 19.2. The first kappa shape index (κ1) is 19.4. The lowest BCUT2D eigenvalue weighted by Gasteiger charge is -2.15. The fourth-order valence-electron chi connectivity index (χ4n) is 2.26. The van der Waals surface area contributed by atoms with E-state index in [4.69, 9.17) is 9.47 Å². The Hall–Kier alpha value is -2.90. The average Bonchev–Trinajstić information content (AvgIpc) is 2.60. The number of hydrogen-bond acceptors (Lipinski definition) is 3. The van der Waals surface area contributed by atoms with Gasteiger partial charge in [-0.1, -0.05) is 24.3 Å². The summed E-state index contributed by atoms with van der Waals surface area (Å²) in [6, 6.07) is 11.2. The molecule has 0 aliphatic carbocycles. The Morgan fingerprint density at radius 2 is 1.77 bits per heavy atom. The number of rotatable bonds is 6. The zero-order valence-corrected chi connectivity index (χ0v) is 14.3. The number of benzene rings is 2. The zero-order valence-electron chi connectivity index (χ0n) is 14.3. The third-order valence-corrected chi connectivity index (χ3v) is 3.56. The number of carbonyl (C=O) groups is 1. The number of halogens is 3. The van der Waals surface area contributed by atoms with Crippen LogP contribution in [0.2, 0.25) is 0 Å². The Kier molecular flexibility index (Phi) is 6.32. The van der Waals surface area contributed by atoms with Gasteiger partial charge in [-0.3, -0.25) is 0 Å². The predicted octanol–water partition coefficient (Wildman–Crippen LogP) is 4.27. The summed E-state index contributed by atoms with van der Waals surface area (Å²) in [7, 11) is 1.54. The van der Waals surface area contributed by atoms with Crippen LogP contribution in [0.4, 0.5) is 23.7 Å². The van der Waals surface area contributed by atoms with Gasteiger partial charge in [-0.25, -0.2) is 4.79 Å². The van der Waals surface area contributed by atoms with E-state index in [2.05, 4.69) is 10.6 Å². The van der Waals surface area contributed by atoms with E-state index in [9.17, 15) is 18.0 Å². The van der Waals surface area contributed by atoms with Gasteiger partial charge in [-0.2, -0.15) is 13.2 Å². The Morgan fingerprint density at radius 3 is 2.46 bits per heavy atom. The minimum absolute atomic E-state index is 0.0600. The van der Waals surface area contributed by atoms with Crippen molar-refractivity contribution in [2.45, 2.75) is 19.6 Å². The topological polar surface area (TPSA) is 59.6 Å². The molecule has 0 saturated heterocycles. The molecule has 0 spiro atoms. The third kappa shape index (κ3) is 5.58. The van der Waals surface area contributed by atoms with E-state index in [0.717, 1.165) is 5.56 Å². The first-order chi connectivity index (χ1) is 12.3. The molecular formula is C18H19F3N2O3. The van der Waals surface area contributed by atoms with E-state index in [1.807, 2.05) is 18.2 Å². The summed E-state index contributed by atoms with van der Waals surface area (Å²) >= 11 is 0. The summed E-state index contributed by atoms with van der Waals surface area (Å²) in [4.78, 5) is 12.1. The Balaban J connectivity index is 1.98. The van der Waals surface area contributed by atoms with Crippen molar-refractivity contribution in [2.24, 2.45) is 0 Å². The normalized spacial score (nSPS) is 11.0. The lowest BCUT2D eigenvalue weighted by molar-refractivity contribution is -0.153. The second-order valence-corrected chi connectivity index (χ2v) is 5.45. The minimum Gasteiger partial charge on any atom is -0.496 e. The molecular weight excluding hydrogens is 349 g/mol. The second-order valence-electron chi connectivity index (χ2n) is 5.45. The largest absolute Gasteiger partial charge is 0.496 e. The molecule has 5 nitrogen and oxygen atoms in total. The number of carbonyl (C=O) groups excluding carboxylic acids is 1. The van der Waals surface area contributed by atoms with Crippen LogP contribution in [-0.4, -0.2) is 25.9 Å². The number of alkyl halides is 3. The van der Waals surface area contributed by atoms with Gasteiger partial charge in [0.15, 0.2) is 6.61 Å². The van der Waals surface area contributed by atoms with E-state index >= 15 is 0 Å². The van der Waals surface area contributed by atoms with E-state index < -0.39 is 18.8 Å². The van der Waals surface area contributed by atoms with E-state index in [-0.39, 0.29) is 12.3 Å². The molecule has 0 saturated carbocycles. The van der Waals surface area contributed by atoms with Gasteiger partial charge in [0.2, 0.25) is 0 Å². The van der Waals surface area contributed by atoms with Gasteiger partial charge in [-0.15, -0.1) is 0 Å². The van der Waals surface area contributed by atoms with Gasteiger partial charge in [0, 0.05) is 23.4 Å². The summed E-state index contributed by atoms with van der Waals surface area (Å²) in [5.74, 6) is 0.705. The number of para-hydroxylation sites is 1. The fourth-order valence-corrected chi connectivity index (χ4v) is 2.26. The molecule has 0 aliphatic rings. The van der Waals surface area contributed by atoms with E-state index in [1.165, 1.54) is 19.2 Å². The summed E-state index contributed by atoms with van der Waals surface area (Å²) in [5, 5.41) is 5.28. The van der Waals surface area contributed by atoms with Gasteiger partial charge in [0.05, 0.1) is 7.11 Å². The van der Waals surface area contributed by atoms with Gasteiger partial charge in [0.1, 0.15) is 11.5 Å². The van der Waals surface area contributed by atoms with Crippen LogP contribution in [0.25, 0.3) is 0 Å². The molecule has 2 aromatic rings. The van der Waals surface area contributed by atoms with Crippen molar-refractivity contribution in [1.82, 2.24) is 5.32 Å². The molecule has 0 radical (unpaired) electrons. The molecule has 2 amide bonds. The van der Waals surface area contributed by atoms with Crippen molar-refractivity contribution in [2.75, 3.05) is 19.0 Å². The molecule has 140 valence electrons. The molecule has 0 heterocycles. The van der Waals surface area contributed by atoms with Crippen LogP contribution in [0.15, 0.2) is 42.5 Å². The number of methoxy groups -OCH3 is 1. The maximum Gasteiger partial charge on any atom is 0.422 e. The van der Waals surface area contributed by atoms with Crippen molar-refractivity contribution in [3.05, 3.63) is 53.6 Å². The van der Waals surface area contributed by atoms with Crippen LogP contribution in [-0.2, 0) is 6.54 Å². The maximum atomic E-state index is 12.3. The maximum absolute atomic E-state index is 12.3. The lowest BCUT2D eigenvalue weighted by atomic mass is 10.2. The second kappa shape index (κ2) is 8.46. The predicted molar refractivity (Wildman–Crippen MR) is 91.6 cm³/mol. The number of amides is 2. The van der Waals surface area contributed by atoms with Crippen molar-refractivity contribution < 1.29 is 27.4 Å². The van der Waals surface area contributed by atoms with Crippen molar-refractivity contribution in [1.29, 1.82) is 0 Å². The number of ether oxygens (including phenoxy) is 2. The molecule has 2 aromatic carbocycles. The minimum atomic E-state index is -4.43. The highest BCUT2D eigenvalue weighted by molar-refractivity contribution is 5.90. The van der Waals surface area contributed by atoms with Gasteiger partial charge in [0.25, 0.3) is 0 Å². The quantitative estimate of drug-likeness (QED) is 0.801. The number of hydrogen-bond donors (Lipinski definition) is 2. The molecule has 0 bridgehead atoms. The average molecular weight is 368 g/mol.